The van der Waals surface area contributed by atoms with Gasteiger partial charge in [0.2, 0.25) is 0 Å². The van der Waals surface area contributed by atoms with E-state index < -0.39 is 0 Å². The molecule has 0 atom stereocenters. The minimum atomic E-state index is 0.265. The topological polar surface area (TPSA) is 34.1 Å². The first-order valence-corrected chi connectivity index (χ1v) is 7.72. The van der Waals surface area contributed by atoms with Gasteiger partial charge in [0.1, 0.15) is 11.9 Å². The van der Waals surface area contributed by atoms with Crippen molar-refractivity contribution in [2.75, 3.05) is 0 Å². The maximum absolute atomic E-state index is 11.7. The van der Waals surface area contributed by atoms with E-state index in [1.54, 1.807) is 6.07 Å². The highest BCUT2D eigenvalue weighted by atomic mass is 16.1. The summed E-state index contributed by atoms with van der Waals surface area (Å²) in [6.07, 6.45) is 0. The molecule has 2 heteroatoms. The molecule has 0 aliphatic rings. The molecule has 0 spiro atoms. The van der Waals surface area contributed by atoms with Crippen molar-refractivity contribution in [2.24, 2.45) is 0 Å². The molecule has 0 bridgehead atoms. The molecule has 0 amide bonds. The molecule has 0 saturated heterocycles. The summed E-state index contributed by atoms with van der Waals surface area (Å²) >= 11 is 0. The van der Waals surface area contributed by atoms with Gasteiger partial charge < -0.3 is 0 Å². The van der Waals surface area contributed by atoms with Crippen molar-refractivity contribution >= 4 is 55.0 Å². The van der Waals surface area contributed by atoms with Crippen molar-refractivity contribution in [1.29, 1.82) is 0 Å². The Morgan fingerprint density at radius 1 is 0.583 bits per heavy atom. The van der Waals surface area contributed by atoms with Crippen LogP contribution in [0, 0.1) is 0 Å². The second kappa shape index (κ2) is 4.53. The van der Waals surface area contributed by atoms with Gasteiger partial charge in [0.15, 0.2) is 0 Å². The number of benzene rings is 5. The molecular formula is C22H10O2. The SMILES string of the molecule is O=C=c1cc2cccc3c4cccc5cccc(c(c1=C=O)c23)c54. The Kier molecular flexibility index (Phi) is 2.46. The Labute approximate surface area is 136 Å². The van der Waals surface area contributed by atoms with Gasteiger partial charge in [-0.2, -0.15) is 0 Å². The molecule has 5 rings (SSSR count). The smallest absolute Gasteiger partial charge is 0.134 e. The van der Waals surface area contributed by atoms with Crippen LogP contribution >= 0.6 is 0 Å². The van der Waals surface area contributed by atoms with Crippen LogP contribution in [0.1, 0.15) is 0 Å². The lowest BCUT2D eigenvalue weighted by Crippen LogP contribution is -2.28. The van der Waals surface area contributed by atoms with Gasteiger partial charge >= 0.3 is 0 Å². The molecule has 0 saturated carbocycles. The maximum Gasteiger partial charge on any atom is 0.134 e. The predicted octanol–water partition coefficient (Wildman–Crippen LogP) is 2.74. The third-order valence-corrected chi connectivity index (χ3v) is 4.84. The van der Waals surface area contributed by atoms with E-state index in [0.717, 1.165) is 43.1 Å². The largest absolute Gasteiger partial charge is 0.233 e. The molecule has 0 heterocycles. The number of carbonyl (C=O) groups excluding carboxylic acids is 2. The predicted molar refractivity (Wildman–Crippen MR) is 96.5 cm³/mol. The van der Waals surface area contributed by atoms with E-state index in [-0.39, 0.29) is 5.22 Å². The second-order valence-corrected chi connectivity index (χ2v) is 5.99. The highest BCUT2D eigenvalue weighted by Gasteiger charge is 2.14. The third kappa shape index (κ3) is 1.46. The first-order valence-electron chi connectivity index (χ1n) is 7.72. The summed E-state index contributed by atoms with van der Waals surface area (Å²) in [4.78, 5) is 23.1. The highest BCUT2D eigenvalue weighted by molar-refractivity contribution is 6.33. The van der Waals surface area contributed by atoms with Crippen LogP contribution in [0.15, 0.2) is 60.7 Å². The van der Waals surface area contributed by atoms with E-state index in [9.17, 15) is 9.59 Å². The second-order valence-electron chi connectivity index (χ2n) is 5.99. The van der Waals surface area contributed by atoms with Gasteiger partial charge in [0, 0.05) is 5.39 Å². The molecule has 0 fully saturated rings. The van der Waals surface area contributed by atoms with Crippen molar-refractivity contribution in [2.45, 2.75) is 0 Å². The van der Waals surface area contributed by atoms with Crippen LogP contribution in [0.4, 0.5) is 0 Å². The van der Waals surface area contributed by atoms with E-state index in [0.29, 0.717) is 5.22 Å². The first-order chi connectivity index (χ1) is 11.8. The lowest BCUT2D eigenvalue weighted by molar-refractivity contribution is 0.564. The molecule has 0 aromatic heterocycles. The van der Waals surface area contributed by atoms with Gasteiger partial charge in [-0.25, -0.2) is 9.59 Å². The van der Waals surface area contributed by atoms with Gasteiger partial charge in [-0.15, -0.1) is 0 Å². The molecule has 2 nitrogen and oxygen atoms in total. The number of hydrogen-bond acceptors (Lipinski definition) is 2. The van der Waals surface area contributed by atoms with Crippen molar-refractivity contribution in [3.63, 3.8) is 0 Å². The van der Waals surface area contributed by atoms with E-state index in [1.807, 2.05) is 42.2 Å². The summed E-state index contributed by atoms with van der Waals surface area (Å²) in [5, 5.41) is 8.73. The minimum absolute atomic E-state index is 0.265. The lowest BCUT2D eigenvalue weighted by Gasteiger charge is -2.13. The van der Waals surface area contributed by atoms with Crippen LogP contribution in [0.5, 0.6) is 0 Å². The zero-order valence-corrected chi connectivity index (χ0v) is 12.6. The molecule has 0 aliphatic carbocycles. The summed E-state index contributed by atoms with van der Waals surface area (Å²) in [6, 6.07) is 20.0. The Balaban J connectivity index is 2.40. The fraction of sp³-hybridized carbons (Fsp3) is 0. The van der Waals surface area contributed by atoms with Gasteiger partial charge in [0.25, 0.3) is 0 Å². The average Bonchev–Trinajstić information content (AvgIpc) is 2.64. The monoisotopic (exact) mass is 306 g/mol. The van der Waals surface area contributed by atoms with Gasteiger partial charge in [-0.05, 0) is 43.8 Å². The third-order valence-electron chi connectivity index (χ3n) is 4.84. The van der Waals surface area contributed by atoms with Gasteiger partial charge in [-0.1, -0.05) is 54.6 Å². The van der Waals surface area contributed by atoms with Crippen LogP contribution in [-0.4, -0.2) is 11.9 Å². The van der Waals surface area contributed by atoms with Crippen LogP contribution in [-0.2, 0) is 9.59 Å². The van der Waals surface area contributed by atoms with Crippen LogP contribution in [0.3, 0.4) is 0 Å². The maximum atomic E-state index is 11.7. The standard InChI is InChI=1S/C22H10O2/c23-11-15-10-14-6-3-8-17-16-7-1-4-13-5-2-9-18(20(13)16)22(21(14)17)19(15)12-24/h1-10H. The van der Waals surface area contributed by atoms with Crippen LogP contribution < -0.4 is 10.4 Å². The summed E-state index contributed by atoms with van der Waals surface area (Å²) < 4.78 is 0. The molecular weight excluding hydrogens is 296 g/mol. The Hall–Kier alpha value is -3.44. The van der Waals surface area contributed by atoms with E-state index >= 15 is 0 Å². The highest BCUT2D eigenvalue weighted by Crippen LogP contribution is 2.37. The molecule has 5 aromatic carbocycles. The van der Waals surface area contributed by atoms with E-state index in [4.69, 9.17) is 0 Å². The van der Waals surface area contributed by atoms with Crippen molar-refractivity contribution in [3.8, 4) is 0 Å². The Morgan fingerprint density at radius 2 is 1.21 bits per heavy atom. The number of rotatable bonds is 0. The summed E-state index contributed by atoms with van der Waals surface area (Å²) in [5.74, 6) is 3.88. The molecule has 24 heavy (non-hydrogen) atoms. The van der Waals surface area contributed by atoms with Crippen molar-refractivity contribution < 1.29 is 9.59 Å². The van der Waals surface area contributed by atoms with Crippen LogP contribution in [0.25, 0.3) is 43.1 Å². The zero-order valence-electron chi connectivity index (χ0n) is 12.6. The van der Waals surface area contributed by atoms with Crippen LogP contribution in [0.2, 0.25) is 0 Å². The van der Waals surface area contributed by atoms with E-state index in [1.165, 1.54) is 0 Å². The van der Waals surface area contributed by atoms with Gasteiger partial charge in [-0.3, -0.25) is 0 Å². The Morgan fingerprint density at radius 3 is 1.88 bits per heavy atom. The molecule has 5 aromatic rings. The molecule has 0 aliphatic heterocycles. The molecule has 110 valence electrons. The van der Waals surface area contributed by atoms with Crippen molar-refractivity contribution in [3.05, 3.63) is 71.1 Å². The summed E-state index contributed by atoms with van der Waals surface area (Å²) in [7, 11) is 0. The first kappa shape index (κ1) is 13.0. The number of fused-ring (bicyclic) bond motifs is 2. The number of hydrogen-bond donors (Lipinski definition) is 0. The summed E-state index contributed by atoms with van der Waals surface area (Å²) in [5.41, 5.74) is 0. The lowest BCUT2D eigenvalue weighted by atomic mass is 9.89. The molecule has 0 N–H and O–H groups in total. The van der Waals surface area contributed by atoms with E-state index in [2.05, 4.69) is 24.3 Å². The van der Waals surface area contributed by atoms with Crippen molar-refractivity contribution in [1.82, 2.24) is 0 Å². The zero-order chi connectivity index (χ0) is 16.3. The fourth-order valence-corrected chi connectivity index (χ4v) is 3.91. The minimum Gasteiger partial charge on any atom is -0.233 e. The molecule has 0 unspecified atom stereocenters. The fourth-order valence-electron chi connectivity index (χ4n) is 3.91. The molecule has 0 radical (unpaired) electrons. The van der Waals surface area contributed by atoms with Gasteiger partial charge in [0.05, 0.1) is 10.4 Å². The quantitative estimate of drug-likeness (QED) is 0.326. The normalized spacial score (nSPS) is 11.3. The summed E-state index contributed by atoms with van der Waals surface area (Å²) in [6.45, 7) is 0. The average molecular weight is 306 g/mol. The Bertz CT molecular complexity index is 1450.